The quantitative estimate of drug-likeness (QED) is 0.861. The van der Waals surface area contributed by atoms with Crippen LogP contribution in [-0.2, 0) is 16.1 Å². The van der Waals surface area contributed by atoms with Crippen LogP contribution < -0.4 is 5.32 Å². The Kier molecular flexibility index (Phi) is 5.98. The number of nitrogens with zero attached hydrogens (tertiary/aromatic N) is 1. The first kappa shape index (κ1) is 17.1. The first-order valence-electron chi connectivity index (χ1n) is 7.37. The average molecular weight is 322 g/mol. The summed E-state index contributed by atoms with van der Waals surface area (Å²) in [5, 5.41) is 2.69. The summed E-state index contributed by atoms with van der Waals surface area (Å²) in [7, 11) is 1.50. The standard InChI is InChI=1S/C19H18N2O3/c1-3-15-10-7-11-17(12-15)20-18(22)13-21(2)19(23)24-14-16-8-5-4-6-9-16/h1,4-12H,13-14H2,2H3,(H,20,22). The number of rotatable bonds is 5. The Morgan fingerprint density at radius 2 is 1.92 bits per heavy atom. The zero-order valence-corrected chi connectivity index (χ0v) is 13.4. The SMILES string of the molecule is C#Cc1cccc(NC(=O)CN(C)C(=O)OCc2ccccc2)c1. The molecular weight excluding hydrogens is 304 g/mol. The molecule has 24 heavy (non-hydrogen) atoms. The summed E-state index contributed by atoms with van der Waals surface area (Å²) in [6.07, 6.45) is 4.76. The molecule has 2 aromatic carbocycles. The maximum atomic E-state index is 12.0. The van der Waals surface area contributed by atoms with Crippen LogP contribution in [0, 0.1) is 12.3 Å². The summed E-state index contributed by atoms with van der Waals surface area (Å²) in [5.41, 5.74) is 2.14. The minimum atomic E-state index is -0.564. The second-order valence-corrected chi connectivity index (χ2v) is 5.17. The van der Waals surface area contributed by atoms with Crippen LogP contribution in [0.1, 0.15) is 11.1 Å². The Bertz CT molecular complexity index is 751. The molecule has 0 atom stereocenters. The smallest absolute Gasteiger partial charge is 0.410 e. The van der Waals surface area contributed by atoms with Crippen molar-refractivity contribution in [2.24, 2.45) is 0 Å². The fourth-order valence-electron chi connectivity index (χ4n) is 2.00. The predicted octanol–water partition coefficient (Wildman–Crippen LogP) is 2.88. The highest BCUT2D eigenvalue weighted by Crippen LogP contribution is 2.09. The maximum absolute atomic E-state index is 12.0. The van der Waals surface area contributed by atoms with Gasteiger partial charge in [-0.25, -0.2) is 4.79 Å². The van der Waals surface area contributed by atoms with Crippen LogP contribution >= 0.6 is 0 Å². The van der Waals surface area contributed by atoms with E-state index in [2.05, 4.69) is 11.2 Å². The normalized spacial score (nSPS) is 9.67. The maximum Gasteiger partial charge on any atom is 0.410 e. The Balaban J connectivity index is 1.82. The topological polar surface area (TPSA) is 58.6 Å². The van der Waals surface area contributed by atoms with E-state index < -0.39 is 6.09 Å². The Morgan fingerprint density at radius 3 is 2.62 bits per heavy atom. The van der Waals surface area contributed by atoms with Gasteiger partial charge < -0.3 is 15.0 Å². The van der Waals surface area contributed by atoms with E-state index >= 15 is 0 Å². The molecule has 0 aliphatic heterocycles. The third-order valence-corrected chi connectivity index (χ3v) is 3.21. The third-order valence-electron chi connectivity index (χ3n) is 3.21. The van der Waals surface area contributed by atoms with Crippen LogP contribution in [-0.4, -0.2) is 30.5 Å². The zero-order chi connectivity index (χ0) is 17.4. The number of likely N-dealkylation sites (N-methyl/N-ethyl adjacent to an activating group) is 1. The summed E-state index contributed by atoms with van der Waals surface area (Å²) >= 11 is 0. The van der Waals surface area contributed by atoms with Gasteiger partial charge in [0, 0.05) is 18.3 Å². The summed E-state index contributed by atoms with van der Waals surface area (Å²) in [6, 6.07) is 16.3. The molecule has 1 N–H and O–H groups in total. The number of terminal acetylenes is 1. The number of carbonyl (C=O) groups excluding carboxylic acids is 2. The van der Waals surface area contributed by atoms with Crippen LogP contribution in [0.15, 0.2) is 54.6 Å². The van der Waals surface area contributed by atoms with Gasteiger partial charge in [0.15, 0.2) is 0 Å². The van der Waals surface area contributed by atoms with Gasteiger partial charge in [-0.2, -0.15) is 0 Å². The first-order valence-corrected chi connectivity index (χ1v) is 7.37. The number of anilines is 1. The molecule has 0 spiro atoms. The third kappa shape index (κ3) is 5.18. The lowest BCUT2D eigenvalue weighted by Crippen LogP contribution is -2.35. The molecule has 5 nitrogen and oxygen atoms in total. The Morgan fingerprint density at radius 1 is 1.17 bits per heavy atom. The minimum Gasteiger partial charge on any atom is -0.445 e. The second-order valence-electron chi connectivity index (χ2n) is 5.17. The van der Waals surface area contributed by atoms with E-state index in [9.17, 15) is 9.59 Å². The molecule has 5 heteroatoms. The van der Waals surface area contributed by atoms with Crippen molar-refractivity contribution >= 4 is 17.7 Å². The molecule has 2 aromatic rings. The van der Waals surface area contributed by atoms with Crippen LogP contribution in [0.2, 0.25) is 0 Å². The van der Waals surface area contributed by atoms with E-state index in [0.717, 1.165) is 5.56 Å². The molecule has 0 saturated carbocycles. The van der Waals surface area contributed by atoms with Gasteiger partial charge in [0.2, 0.25) is 5.91 Å². The van der Waals surface area contributed by atoms with Crippen LogP contribution in [0.4, 0.5) is 10.5 Å². The monoisotopic (exact) mass is 322 g/mol. The van der Waals surface area contributed by atoms with E-state index in [4.69, 9.17) is 11.2 Å². The van der Waals surface area contributed by atoms with Crippen molar-refractivity contribution < 1.29 is 14.3 Å². The molecule has 0 radical (unpaired) electrons. The number of benzene rings is 2. The van der Waals surface area contributed by atoms with Crippen molar-refractivity contribution in [2.45, 2.75) is 6.61 Å². The molecule has 0 aromatic heterocycles. The molecule has 2 amide bonds. The Hall–Kier alpha value is -3.26. The van der Waals surface area contributed by atoms with Gasteiger partial charge in [-0.15, -0.1) is 6.42 Å². The van der Waals surface area contributed by atoms with Crippen molar-refractivity contribution in [3.63, 3.8) is 0 Å². The summed E-state index contributed by atoms with van der Waals surface area (Å²) in [4.78, 5) is 25.1. The van der Waals surface area contributed by atoms with Crippen molar-refractivity contribution in [3.8, 4) is 12.3 Å². The summed E-state index contributed by atoms with van der Waals surface area (Å²) in [6.45, 7) is 0.0454. The predicted molar refractivity (Wildman–Crippen MR) is 92.3 cm³/mol. The highest BCUT2D eigenvalue weighted by Gasteiger charge is 2.14. The van der Waals surface area contributed by atoms with Gasteiger partial charge in [0.05, 0.1) is 0 Å². The molecule has 0 saturated heterocycles. The van der Waals surface area contributed by atoms with E-state index in [1.165, 1.54) is 11.9 Å². The molecule has 0 aliphatic carbocycles. The van der Waals surface area contributed by atoms with Crippen LogP contribution in [0.25, 0.3) is 0 Å². The number of ether oxygens (including phenoxy) is 1. The van der Waals surface area contributed by atoms with Gasteiger partial charge in [0.1, 0.15) is 13.2 Å². The molecule has 0 bridgehead atoms. The highest BCUT2D eigenvalue weighted by atomic mass is 16.6. The van der Waals surface area contributed by atoms with Crippen molar-refractivity contribution in [2.75, 3.05) is 18.9 Å². The van der Waals surface area contributed by atoms with Gasteiger partial charge in [0.25, 0.3) is 0 Å². The fourth-order valence-corrected chi connectivity index (χ4v) is 2.00. The molecular formula is C19H18N2O3. The van der Waals surface area contributed by atoms with Crippen molar-refractivity contribution in [1.29, 1.82) is 0 Å². The lowest BCUT2D eigenvalue weighted by atomic mass is 10.2. The number of hydrogen-bond donors (Lipinski definition) is 1. The second kappa shape index (κ2) is 8.39. The largest absolute Gasteiger partial charge is 0.445 e. The summed E-state index contributed by atoms with van der Waals surface area (Å²) in [5.74, 6) is 2.17. The first-order chi connectivity index (χ1) is 11.6. The van der Waals surface area contributed by atoms with E-state index in [0.29, 0.717) is 11.3 Å². The Labute approximate surface area is 141 Å². The van der Waals surface area contributed by atoms with Gasteiger partial charge in [-0.05, 0) is 23.8 Å². The summed E-state index contributed by atoms with van der Waals surface area (Å²) < 4.78 is 5.16. The van der Waals surface area contributed by atoms with E-state index in [-0.39, 0.29) is 19.1 Å². The molecule has 2 rings (SSSR count). The van der Waals surface area contributed by atoms with Gasteiger partial charge >= 0.3 is 6.09 Å². The molecule has 0 unspecified atom stereocenters. The van der Waals surface area contributed by atoms with Gasteiger partial charge in [-0.3, -0.25) is 4.79 Å². The van der Waals surface area contributed by atoms with E-state index in [1.807, 2.05) is 30.3 Å². The number of carbonyl (C=O) groups is 2. The molecule has 0 heterocycles. The van der Waals surface area contributed by atoms with Crippen LogP contribution in [0.3, 0.4) is 0 Å². The molecule has 122 valence electrons. The lowest BCUT2D eigenvalue weighted by Gasteiger charge is -2.16. The van der Waals surface area contributed by atoms with Crippen molar-refractivity contribution in [3.05, 3.63) is 65.7 Å². The minimum absolute atomic E-state index is 0.117. The van der Waals surface area contributed by atoms with Crippen molar-refractivity contribution in [1.82, 2.24) is 4.90 Å². The lowest BCUT2D eigenvalue weighted by molar-refractivity contribution is -0.116. The molecule has 0 fully saturated rings. The van der Waals surface area contributed by atoms with Crippen LogP contribution in [0.5, 0.6) is 0 Å². The highest BCUT2D eigenvalue weighted by molar-refractivity contribution is 5.93. The number of amides is 2. The fraction of sp³-hybridized carbons (Fsp3) is 0.158. The van der Waals surface area contributed by atoms with Gasteiger partial charge in [-0.1, -0.05) is 42.3 Å². The number of hydrogen-bond acceptors (Lipinski definition) is 3. The average Bonchev–Trinajstić information content (AvgIpc) is 2.60. The number of nitrogens with one attached hydrogen (secondary N) is 1. The molecule has 0 aliphatic rings. The zero-order valence-electron chi connectivity index (χ0n) is 13.4. The van der Waals surface area contributed by atoms with E-state index in [1.54, 1.807) is 24.3 Å².